The number of fused-ring (bicyclic) bond motifs is 1. The molecule has 1 aliphatic heterocycles. The van der Waals surface area contributed by atoms with Gasteiger partial charge in [-0.2, -0.15) is 0 Å². The monoisotopic (exact) mass is 474 g/mol. The van der Waals surface area contributed by atoms with E-state index in [0.29, 0.717) is 12.1 Å². The number of carbonyl (C=O) groups excluding carboxylic acids is 2. The average Bonchev–Trinajstić information content (AvgIpc) is 3.30. The summed E-state index contributed by atoms with van der Waals surface area (Å²) in [6.45, 7) is 0. The fourth-order valence-corrected chi connectivity index (χ4v) is 4.07. The van der Waals surface area contributed by atoms with Crippen LogP contribution in [0, 0.1) is 0 Å². The molecule has 0 aliphatic carbocycles. The quantitative estimate of drug-likeness (QED) is 0.412. The molecule has 3 aromatic carbocycles. The molecule has 154 valence electrons. The summed E-state index contributed by atoms with van der Waals surface area (Å²) >= 11 is 3.37. The number of imide groups is 1. The number of H-pyrrole nitrogens is 1. The Morgan fingerprint density at radius 2 is 1.74 bits per heavy atom. The molecule has 1 saturated heterocycles. The second-order valence-corrected chi connectivity index (χ2v) is 8.43. The highest BCUT2D eigenvalue weighted by atomic mass is 79.9. The molecule has 4 aromatic rings. The fourth-order valence-electron chi connectivity index (χ4n) is 3.81. The summed E-state index contributed by atoms with van der Waals surface area (Å²) in [4.78, 5) is 34.5. The number of hydrogen-bond acceptors (Lipinski definition) is 4. The molecular formula is C24H19BrN4O2. The van der Waals surface area contributed by atoms with Gasteiger partial charge in [-0.15, -0.1) is 0 Å². The smallest absolute Gasteiger partial charge is 0.256 e. The number of hydrogen-bond donors (Lipinski definition) is 2. The van der Waals surface area contributed by atoms with E-state index in [4.69, 9.17) is 0 Å². The van der Waals surface area contributed by atoms with Crippen LogP contribution in [0.15, 0.2) is 77.3 Å². The maximum Gasteiger partial charge on any atom is 0.256 e. The Morgan fingerprint density at radius 1 is 1.00 bits per heavy atom. The summed E-state index contributed by atoms with van der Waals surface area (Å²) in [5.41, 5.74) is 4.47. The molecule has 1 aliphatic rings. The van der Waals surface area contributed by atoms with Crippen molar-refractivity contribution >= 4 is 50.2 Å². The van der Waals surface area contributed by atoms with Crippen LogP contribution in [0.1, 0.15) is 17.8 Å². The van der Waals surface area contributed by atoms with Crippen molar-refractivity contribution in [1.29, 1.82) is 0 Å². The van der Waals surface area contributed by atoms with E-state index in [2.05, 4.69) is 31.2 Å². The zero-order valence-corrected chi connectivity index (χ0v) is 18.1. The summed E-state index contributed by atoms with van der Waals surface area (Å²) in [6.07, 6.45) is 0.822. The van der Waals surface area contributed by atoms with Gasteiger partial charge < -0.3 is 10.3 Å². The first-order valence-corrected chi connectivity index (χ1v) is 10.8. The Labute approximate surface area is 187 Å². The molecule has 6 nitrogen and oxygen atoms in total. The molecule has 0 radical (unpaired) electrons. The summed E-state index contributed by atoms with van der Waals surface area (Å²) in [6, 6.07) is 22.4. The average molecular weight is 475 g/mol. The third-order valence-corrected chi connectivity index (χ3v) is 5.86. The molecule has 0 bridgehead atoms. The van der Waals surface area contributed by atoms with E-state index in [0.717, 1.165) is 32.6 Å². The number of para-hydroxylation sites is 2. The minimum atomic E-state index is -0.572. The van der Waals surface area contributed by atoms with Gasteiger partial charge >= 0.3 is 0 Å². The van der Waals surface area contributed by atoms with E-state index >= 15 is 0 Å². The van der Waals surface area contributed by atoms with Crippen LogP contribution in [0.4, 0.5) is 11.4 Å². The van der Waals surface area contributed by atoms with Gasteiger partial charge in [-0.05, 0) is 54.1 Å². The summed E-state index contributed by atoms with van der Waals surface area (Å²) in [5, 5.41) is 3.20. The number of amides is 2. The van der Waals surface area contributed by atoms with Crippen LogP contribution in [0.2, 0.25) is 0 Å². The van der Waals surface area contributed by atoms with E-state index in [-0.39, 0.29) is 18.2 Å². The highest BCUT2D eigenvalue weighted by molar-refractivity contribution is 9.10. The zero-order valence-electron chi connectivity index (χ0n) is 16.5. The van der Waals surface area contributed by atoms with Gasteiger partial charge in [0, 0.05) is 16.6 Å². The topological polar surface area (TPSA) is 78.1 Å². The van der Waals surface area contributed by atoms with Crippen LogP contribution >= 0.6 is 15.9 Å². The Kier molecular flexibility index (Phi) is 5.03. The van der Waals surface area contributed by atoms with Crippen molar-refractivity contribution < 1.29 is 9.59 Å². The van der Waals surface area contributed by atoms with Crippen LogP contribution in [-0.4, -0.2) is 27.8 Å². The van der Waals surface area contributed by atoms with Gasteiger partial charge in [0.1, 0.15) is 11.9 Å². The normalized spacial score (nSPS) is 16.3. The van der Waals surface area contributed by atoms with Gasteiger partial charge in [-0.1, -0.05) is 40.2 Å². The van der Waals surface area contributed by atoms with Crippen LogP contribution in [-0.2, 0) is 16.0 Å². The number of nitrogens with zero attached hydrogens (tertiary/aromatic N) is 2. The van der Waals surface area contributed by atoms with Gasteiger partial charge in [-0.25, -0.2) is 9.88 Å². The highest BCUT2D eigenvalue weighted by Gasteiger charge is 2.39. The lowest BCUT2D eigenvalue weighted by atomic mass is 10.1. The van der Waals surface area contributed by atoms with Gasteiger partial charge in [0.25, 0.3) is 5.91 Å². The Hall–Kier alpha value is -3.45. The van der Waals surface area contributed by atoms with E-state index in [1.807, 2.05) is 60.7 Å². The molecule has 2 amide bonds. The predicted molar refractivity (Wildman–Crippen MR) is 124 cm³/mol. The van der Waals surface area contributed by atoms with E-state index < -0.39 is 6.04 Å². The van der Waals surface area contributed by atoms with Crippen LogP contribution in [0.25, 0.3) is 11.0 Å². The number of carbonyl (C=O) groups is 2. The Bertz CT molecular complexity index is 1230. The molecule has 1 unspecified atom stereocenters. The predicted octanol–water partition coefficient (Wildman–Crippen LogP) is 4.66. The first kappa shape index (κ1) is 19.5. The first-order chi connectivity index (χ1) is 15.1. The molecule has 2 heterocycles. The number of nitrogens with one attached hydrogen (secondary N) is 2. The zero-order chi connectivity index (χ0) is 21.4. The van der Waals surface area contributed by atoms with Crippen LogP contribution in [0.5, 0.6) is 0 Å². The number of halogens is 1. The molecule has 5 rings (SSSR count). The van der Waals surface area contributed by atoms with Crippen molar-refractivity contribution in [3.63, 3.8) is 0 Å². The summed E-state index contributed by atoms with van der Waals surface area (Å²) in [7, 11) is 0. The number of aromatic amines is 1. The SMILES string of the molecule is O=C1CC(Nc2ccc(Cc3nc4ccccc4[nH]3)cc2)C(=O)N1c1ccc(Br)cc1. The van der Waals surface area contributed by atoms with Crippen molar-refractivity contribution in [2.45, 2.75) is 18.9 Å². The number of benzene rings is 3. The standard InChI is InChI=1S/C24H19BrN4O2/c25-16-7-11-18(12-8-16)29-23(30)14-21(24(29)31)26-17-9-5-15(6-10-17)13-22-27-19-3-1-2-4-20(19)28-22/h1-12,21,26H,13-14H2,(H,27,28). The molecule has 0 saturated carbocycles. The van der Waals surface area contributed by atoms with Crippen molar-refractivity contribution in [2.75, 3.05) is 10.2 Å². The van der Waals surface area contributed by atoms with Crippen molar-refractivity contribution in [2.24, 2.45) is 0 Å². The lowest BCUT2D eigenvalue weighted by Crippen LogP contribution is -2.34. The molecule has 31 heavy (non-hydrogen) atoms. The third-order valence-electron chi connectivity index (χ3n) is 5.34. The number of imidazole rings is 1. The van der Waals surface area contributed by atoms with Gasteiger partial charge in [0.2, 0.25) is 5.91 Å². The maximum atomic E-state index is 12.8. The molecule has 7 heteroatoms. The minimum Gasteiger partial charge on any atom is -0.373 e. The summed E-state index contributed by atoms with van der Waals surface area (Å²) in [5.74, 6) is 0.466. The second kappa shape index (κ2) is 8.00. The Balaban J connectivity index is 1.26. The van der Waals surface area contributed by atoms with Crippen molar-refractivity contribution in [1.82, 2.24) is 9.97 Å². The second-order valence-electron chi connectivity index (χ2n) is 7.52. The van der Waals surface area contributed by atoms with E-state index in [1.165, 1.54) is 4.90 Å². The van der Waals surface area contributed by atoms with Crippen LogP contribution < -0.4 is 10.2 Å². The molecule has 1 fully saturated rings. The molecular weight excluding hydrogens is 456 g/mol. The van der Waals surface area contributed by atoms with Gasteiger partial charge in [-0.3, -0.25) is 9.59 Å². The molecule has 1 atom stereocenters. The largest absolute Gasteiger partial charge is 0.373 e. The lowest BCUT2D eigenvalue weighted by molar-refractivity contribution is -0.121. The molecule has 2 N–H and O–H groups in total. The van der Waals surface area contributed by atoms with E-state index in [1.54, 1.807) is 12.1 Å². The first-order valence-electron chi connectivity index (χ1n) is 9.98. The number of rotatable bonds is 5. The van der Waals surface area contributed by atoms with Crippen molar-refractivity contribution in [3.8, 4) is 0 Å². The Morgan fingerprint density at radius 3 is 2.48 bits per heavy atom. The van der Waals surface area contributed by atoms with Crippen molar-refractivity contribution in [3.05, 3.63) is 88.7 Å². The molecule has 1 aromatic heterocycles. The van der Waals surface area contributed by atoms with E-state index in [9.17, 15) is 9.59 Å². The third kappa shape index (κ3) is 3.96. The van der Waals surface area contributed by atoms with Crippen LogP contribution in [0.3, 0.4) is 0 Å². The minimum absolute atomic E-state index is 0.135. The maximum absolute atomic E-state index is 12.8. The highest BCUT2D eigenvalue weighted by Crippen LogP contribution is 2.26. The van der Waals surface area contributed by atoms with Gasteiger partial charge in [0.05, 0.1) is 23.1 Å². The molecule has 0 spiro atoms. The summed E-state index contributed by atoms with van der Waals surface area (Å²) < 4.78 is 0.896. The fraction of sp³-hybridized carbons (Fsp3) is 0.125. The number of anilines is 2. The van der Waals surface area contributed by atoms with Gasteiger partial charge in [0.15, 0.2) is 0 Å². The number of aromatic nitrogens is 2. The lowest BCUT2D eigenvalue weighted by Gasteiger charge is -2.16.